The van der Waals surface area contributed by atoms with Crippen LogP contribution in [0.1, 0.15) is 5.76 Å². The van der Waals surface area contributed by atoms with Crippen LogP contribution in [0.3, 0.4) is 0 Å². The van der Waals surface area contributed by atoms with E-state index in [-0.39, 0.29) is 5.13 Å². The number of nitrogens with one attached hydrogen (secondary N) is 2. The third-order valence-corrected chi connectivity index (χ3v) is 4.00. The molecule has 0 fully saturated rings. The summed E-state index contributed by atoms with van der Waals surface area (Å²) in [5, 5.41) is 1.97. The molecule has 0 aliphatic carbocycles. The smallest absolute Gasteiger partial charge is 0.300 e. The van der Waals surface area contributed by atoms with Crippen molar-refractivity contribution in [3.63, 3.8) is 0 Å². The van der Waals surface area contributed by atoms with Gasteiger partial charge in [0.05, 0.1) is 6.54 Å². The number of rotatable bonds is 5. The van der Waals surface area contributed by atoms with Crippen molar-refractivity contribution in [2.75, 3.05) is 11.8 Å². The largest absolute Gasteiger partial charge is 0.458 e. The number of aromatic nitrogens is 1. The Morgan fingerprint density at radius 1 is 1.50 bits per heavy atom. The van der Waals surface area contributed by atoms with E-state index in [0.717, 1.165) is 0 Å². The molecule has 0 bridgehead atoms. The van der Waals surface area contributed by atoms with Crippen molar-refractivity contribution < 1.29 is 12.8 Å². The van der Waals surface area contributed by atoms with Crippen LogP contribution < -0.4 is 15.2 Å². The number of anilines is 1. The molecule has 18 heavy (non-hydrogen) atoms. The Bertz CT molecular complexity index is 632. The molecule has 2 aromatic heterocycles. The Kier molecular flexibility index (Phi) is 3.66. The maximum atomic E-state index is 11.3. The molecular formula is C9H12N4O3S2. The van der Waals surface area contributed by atoms with E-state index in [9.17, 15) is 8.42 Å². The minimum atomic E-state index is -3.54. The Labute approximate surface area is 108 Å². The average molecular weight is 288 g/mol. The fourth-order valence-corrected chi connectivity index (χ4v) is 2.67. The Hall–Kier alpha value is -1.42. The van der Waals surface area contributed by atoms with Gasteiger partial charge in [0.2, 0.25) is 0 Å². The van der Waals surface area contributed by atoms with Crippen LogP contribution in [-0.4, -0.2) is 20.4 Å². The lowest BCUT2D eigenvalue weighted by Crippen LogP contribution is -2.26. The highest BCUT2D eigenvalue weighted by Crippen LogP contribution is 2.26. The maximum Gasteiger partial charge on any atom is 0.300 e. The predicted molar refractivity (Wildman–Crippen MR) is 69.3 cm³/mol. The molecule has 2 rings (SSSR count). The summed E-state index contributed by atoms with van der Waals surface area (Å²) in [4.78, 5) is 4.11. The quantitative estimate of drug-likeness (QED) is 0.751. The molecule has 0 saturated heterocycles. The van der Waals surface area contributed by atoms with E-state index < -0.39 is 10.2 Å². The van der Waals surface area contributed by atoms with Crippen LogP contribution in [0.5, 0.6) is 0 Å². The van der Waals surface area contributed by atoms with Crippen LogP contribution in [0.25, 0.3) is 11.5 Å². The summed E-state index contributed by atoms with van der Waals surface area (Å²) < 4.78 is 32.4. The number of nitrogens with two attached hydrogens (primary N) is 1. The predicted octanol–water partition coefficient (Wildman–Crippen LogP) is 0.738. The minimum Gasteiger partial charge on any atom is -0.458 e. The van der Waals surface area contributed by atoms with Crippen molar-refractivity contribution >= 4 is 26.7 Å². The van der Waals surface area contributed by atoms with Gasteiger partial charge in [-0.25, -0.2) is 14.4 Å². The number of hydrogen-bond donors (Lipinski definition) is 3. The summed E-state index contributed by atoms with van der Waals surface area (Å²) in [7, 11) is -2.23. The second-order valence-electron chi connectivity index (χ2n) is 3.32. The molecule has 0 aliphatic heterocycles. The molecule has 0 aliphatic rings. The van der Waals surface area contributed by atoms with Gasteiger partial charge in [-0.3, -0.25) is 0 Å². The summed E-state index contributed by atoms with van der Waals surface area (Å²) in [6.07, 6.45) is 0. The Balaban J connectivity index is 2.20. The summed E-state index contributed by atoms with van der Waals surface area (Å²) in [6.45, 7) is 0.309. The molecule has 0 saturated carbocycles. The van der Waals surface area contributed by atoms with Crippen LogP contribution in [0, 0.1) is 0 Å². The standard InChI is InChI=1S/C9H12N4O3S2/c1-11-18(14,15)13-9-12-7(5-17-9)8-3-2-6(4-10)16-8/h2-3,5,11H,4,10H2,1H3,(H,12,13). The summed E-state index contributed by atoms with van der Waals surface area (Å²) in [5.74, 6) is 1.21. The van der Waals surface area contributed by atoms with Crippen molar-refractivity contribution in [1.82, 2.24) is 9.71 Å². The van der Waals surface area contributed by atoms with Crippen LogP contribution in [0.2, 0.25) is 0 Å². The SMILES string of the molecule is CNS(=O)(=O)Nc1nc(-c2ccc(CN)o2)cs1. The van der Waals surface area contributed by atoms with Gasteiger partial charge in [-0.2, -0.15) is 8.42 Å². The van der Waals surface area contributed by atoms with E-state index in [0.29, 0.717) is 23.8 Å². The van der Waals surface area contributed by atoms with Crippen molar-refractivity contribution in [2.24, 2.45) is 5.73 Å². The van der Waals surface area contributed by atoms with Gasteiger partial charge in [-0.1, -0.05) is 0 Å². The second-order valence-corrected chi connectivity index (χ2v) is 5.79. The molecule has 98 valence electrons. The molecule has 7 nitrogen and oxygen atoms in total. The van der Waals surface area contributed by atoms with E-state index in [1.54, 1.807) is 17.5 Å². The van der Waals surface area contributed by atoms with Gasteiger partial charge in [0.15, 0.2) is 10.9 Å². The summed E-state index contributed by atoms with van der Waals surface area (Å²) >= 11 is 1.17. The maximum absolute atomic E-state index is 11.3. The number of nitrogens with zero attached hydrogens (tertiary/aromatic N) is 1. The van der Waals surface area contributed by atoms with Crippen molar-refractivity contribution in [1.29, 1.82) is 0 Å². The van der Waals surface area contributed by atoms with Crippen molar-refractivity contribution in [3.8, 4) is 11.5 Å². The monoisotopic (exact) mass is 288 g/mol. The van der Waals surface area contributed by atoms with Gasteiger partial charge >= 0.3 is 10.2 Å². The molecule has 0 radical (unpaired) electrons. The fraction of sp³-hybridized carbons (Fsp3) is 0.222. The minimum absolute atomic E-state index is 0.269. The molecule has 2 heterocycles. The summed E-state index contributed by atoms with van der Waals surface area (Å²) in [6, 6.07) is 3.50. The first kappa shape index (κ1) is 13.0. The normalized spacial score (nSPS) is 11.7. The van der Waals surface area contributed by atoms with Gasteiger partial charge in [0, 0.05) is 12.4 Å². The van der Waals surface area contributed by atoms with Gasteiger partial charge in [0.25, 0.3) is 0 Å². The highest BCUT2D eigenvalue weighted by molar-refractivity contribution is 7.91. The molecule has 0 spiro atoms. The molecule has 0 aromatic carbocycles. The molecule has 0 atom stereocenters. The Morgan fingerprint density at radius 3 is 2.89 bits per heavy atom. The number of thiazole rings is 1. The van der Waals surface area contributed by atoms with Crippen molar-refractivity contribution in [2.45, 2.75) is 6.54 Å². The molecule has 0 amide bonds. The molecule has 9 heteroatoms. The molecule has 4 N–H and O–H groups in total. The van der Waals surface area contributed by atoms with E-state index in [1.165, 1.54) is 18.4 Å². The second kappa shape index (κ2) is 5.06. The zero-order valence-corrected chi connectivity index (χ0v) is 11.1. The van der Waals surface area contributed by atoms with Gasteiger partial charge < -0.3 is 10.2 Å². The molecular weight excluding hydrogens is 276 g/mol. The topological polar surface area (TPSA) is 110 Å². The van der Waals surface area contributed by atoms with Crippen LogP contribution in [0.4, 0.5) is 5.13 Å². The van der Waals surface area contributed by atoms with Crippen LogP contribution in [0.15, 0.2) is 21.9 Å². The van der Waals surface area contributed by atoms with Crippen molar-refractivity contribution in [3.05, 3.63) is 23.3 Å². The van der Waals surface area contributed by atoms with E-state index in [1.807, 2.05) is 0 Å². The van der Waals surface area contributed by atoms with E-state index in [2.05, 4.69) is 14.4 Å². The van der Waals surface area contributed by atoms with Crippen LogP contribution >= 0.6 is 11.3 Å². The fourth-order valence-electron chi connectivity index (χ4n) is 1.23. The molecule has 2 aromatic rings. The lowest BCUT2D eigenvalue weighted by Gasteiger charge is -2.00. The van der Waals surface area contributed by atoms with Crippen LogP contribution in [-0.2, 0) is 16.8 Å². The lowest BCUT2D eigenvalue weighted by atomic mass is 10.3. The third kappa shape index (κ3) is 2.88. The van der Waals surface area contributed by atoms with Gasteiger partial charge in [-0.15, -0.1) is 11.3 Å². The molecule has 0 unspecified atom stereocenters. The summed E-state index contributed by atoms with van der Waals surface area (Å²) in [5.41, 5.74) is 6.00. The highest BCUT2D eigenvalue weighted by atomic mass is 32.2. The number of hydrogen-bond acceptors (Lipinski definition) is 6. The average Bonchev–Trinajstić information content (AvgIpc) is 2.96. The zero-order chi connectivity index (χ0) is 13.2. The highest BCUT2D eigenvalue weighted by Gasteiger charge is 2.12. The first-order valence-corrected chi connectivity index (χ1v) is 7.36. The third-order valence-electron chi connectivity index (χ3n) is 2.11. The first-order chi connectivity index (χ1) is 8.54. The number of furan rings is 1. The zero-order valence-electron chi connectivity index (χ0n) is 9.50. The van der Waals surface area contributed by atoms with E-state index in [4.69, 9.17) is 10.2 Å². The van der Waals surface area contributed by atoms with Gasteiger partial charge in [-0.05, 0) is 12.1 Å². The first-order valence-electron chi connectivity index (χ1n) is 5.00. The Morgan fingerprint density at radius 2 is 2.28 bits per heavy atom. The van der Waals surface area contributed by atoms with E-state index >= 15 is 0 Å². The van der Waals surface area contributed by atoms with Gasteiger partial charge in [0.1, 0.15) is 11.5 Å². The lowest BCUT2D eigenvalue weighted by molar-refractivity contribution is 0.524.